The lowest BCUT2D eigenvalue weighted by Gasteiger charge is -2.36. The van der Waals surface area contributed by atoms with E-state index in [4.69, 9.17) is 27.9 Å². The number of Topliss-reactive ketones (excluding diaryl/α,β-unsaturated/α-hetero) is 2. The minimum Gasteiger partial charge on any atom is -0.512 e. The van der Waals surface area contributed by atoms with Crippen LogP contribution in [0, 0.1) is 10.8 Å². The first-order valence-corrected chi connectivity index (χ1v) is 13.3. The fourth-order valence-corrected chi connectivity index (χ4v) is 5.99. The van der Waals surface area contributed by atoms with Gasteiger partial charge in [0.25, 0.3) is 0 Å². The summed E-state index contributed by atoms with van der Waals surface area (Å²) in [4.78, 5) is 39.0. The fraction of sp³-hybridized carbons (Fsp3) is 0.407. The number of carbonyl (C=O) groups excluding carboxylic acids is 3. The Morgan fingerprint density at radius 3 is 1.81 bits per heavy atom. The van der Waals surface area contributed by atoms with Gasteiger partial charge in [0.15, 0.2) is 17.3 Å². The van der Waals surface area contributed by atoms with Crippen LogP contribution in [0.1, 0.15) is 75.3 Å². The fourth-order valence-electron chi connectivity index (χ4n) is 5.01. The van der Waals surface area contributed by atoms with Crippen molar-refractivity contribution in [2.45, 2.75) is 59.3 Å². The van der Waals surface area contributed by atoms with Gasteiger partial charge in [-0.1, -0.05) is 63.0 Å². The zero-order chi connectivity index (χ0) is 27.3. The molecule has 1 aromatic heterocycles. The number of carbonyl (C=O) groups is 3. The van der Waals surface area contributed by atoms with E-state index in [1.54, 1.807) is 12.1 Å². The van der Waals surface area contributed by atoms with Gasteiger partial charge in [-0.05, 0) is 40.1 Å². The molecule has 1 heterocycles. The average Bonchev–Trinajstić information content (AvgIpc) is 3.09. The number of aliphatic hydroxyl groups excluding tert-OH is 2. The van der Waals surface area contributed by atoms with Gasteiger partial charge in [0.1, 0.15) is 26.6 Å². The number of benzene rings is 1. The summed E-state index contributed by atoms with van der Waals surface area (Å²) in [6, 6.07) is 6.21. The number of hydrogen-bond acceptors (Lipinski definition) is 8. The third-order valence-corrected chi connectivity index (χ3v) is 8.20. The van der Waals surface area contributed by atoms with Crippen LogP contribution in [0.15, 0.2) is 46.9 Å². The standard InChI is InChI=1S/C27H27Cl2NO6S/c1-26(2)9-15(31)20(16(32)10-26)19(21-17(33)11-27(3,4)12-18(21)34)13-5-7-14(8-6-13)36-25(35)23-22(28)24(29)37-30-23/h5-8,19,31,33H,9-12H2,1-4H3. The molecule has 2 aliphatic rings. The topological polar surface area (TPSA) is 114 Å². The van der Waals surface area contributed by atoms with Crippen molar-refractivity contribution in [1.29, 1.82) is 0 Å². The molecule has 2 aromatic rings. The molecule has 37 heavy (non-hydrogen) atoms. The van der Waals surface area contributed by atoms with Gasteiger partial charge < -0.3 is 14.9 Å². The Hall–Kier alpha value is -2.68. The van der Waals surface area contributed by atoms with Crippen LogP contribution in [0.4, 0.5) is 0 Å². The number of aromatic nitrogens is 1. The number of aliphatic hydroxyl groups is 2. The summed E-state index contributed by atoms with van der Waals surface area (Å²) in [5, 5.41) is 22.0. The van der Waals surface area contributed by atoms with Gasteiger partial charge in [0.05, 0.1) is 0 Å². The van der Waals surface area contributed by atoms with Crippen molar-refractivity contribution in [2.24, 2.45) is 10.8 Å². The molecule has 4 rings (SSSR count). The van der Waals surface area contributed by atoms with E-state index in [-0.39, 0.29) is 80.7 Å². The van der Waals surface area contributed by atoms with Crippen molar-refractivity contribution in [3.8, 4) is 5.75 Å². The number of hydrogen-bond donors (Lipinski definition) is 2. The van der Waals surface area contributed by atoms with E-state index in [1.165, 1.54) is 12.1 Å². The summed E-state index contributed by atoms with van der Waals surface area (Å²) >= 11 is 12.7. The summed E-state index contributed by atoms with van der Waals surface area (Å²) < 4.78 is 9.44. The molecule has 2 aliphatic carbocycles. The maximum atomic E-state index is 13.3. The van der Waals surface area contributed by atoms with Crippen LogP contribution in [-0.4, -0.2) is 32.1 Å². The van der Waals surface area contributed by atoms with E-state index < -0.39 is 22.7 Å². The predicted octanol–water partition coefficient (Wildman–Crippen LogP) is 7.16. The van der Waals surface area contributed by atoms with Crippen LogP contribution in [0.3, 0.4) is 0 Å². The molecule has 0 saturated heterocycles. The minimum atomic E-state index is -0.955. The number of halogens is 2. The number of esters is 1. The number of allylic oxidation sites excluding steroid dienone is 4. The molecule has 0 spiro atoms. The van der Waals surface area contributed by atoms with E-state index in [0.29, 0.717) is 5.56 Å². The Labute approximate surface area is 228 Å². The lowest BCUT2D eigenvalue weighted by Crippen LogP contribution is -2.33. The van der Waals surface area contributed by atoms with E-state index in [1.807, 2.05) is 27.7 Å². The van der Waals surface area contributed by atoms with Crippen LogP contribution < -0.4 is 4.74 Å². The molecule has 1 aromatic carbocycles. The predicted molar refractivity (Wildman–Crippen MR) is 142 cm³/mol. The van der Waals surface area contributed by atoms with E-state index in [2.05, 4.69) is 4.37 Å². The molecule has 0 amide bonds. The largest absolute Gasteiger partial charge is 0.512 e. The molecule has 0 unspecified atom stereocenters. The van der Waals surface area contributed by atoms with Crippen molar-refractivity contribution in [2.75, 3.05) is 0 Å². The lowest BCUT2D eigenvalue weighted by molar-refractivity contribution is -0.119. The van der Waals surface area contributed by atoms with Gasteiger partial charge in [0.2, 0.25) is 0 Å². The molecule has 0 aliphatic heterocycles. The van der Waals surface area contributed by atoms with E-state index in [0.717, 1.165) is 11.5 Å². The monoisotopic (exact) mass is 563 g/mol. The molecule has 2 N–H and O–H groups in total. The first-order chi connectivity index (χ1) is 17.2. The molecule has 0 radical (unpaired) electrons. The molecule has 7 nitrogen and oxygen atoms in total. The van der Waals surface area contributed by atoms with Gasteiger partial charge in [-0.25, -0.2) is 4.79 Å². The Morgan fingerprint density at radius 1 is 0.919 bits per heavy atom. The molecule has 0 atom stereocenters. The van der Waals surface area contributed by atoms with Gasteiger partial charge >= 0.3 is 5.97 Å². The molecule has 10 heteroatoms. The maximum Gasteiger partial charge on any atom is 0.365 e. The molecule has 0 fully saturated rings. The van der Waals surface area contributed by atoms with Gasteiger partial charge in [0, 0.05) is 42.7 Å². The Morgan fingerprint density at radius 2 is 1.41 bits per heavy atom. The third kappa shape index (κ3) is 5.61. The van der Waals surface area contributed by atoms with Crippen LogP contribution in [-0.2, 0) is 9.59 Å². The average molecular weight is 564 g/mol. The zero-order valence-corrected chi connectivity index (χ0v) is 23.2. The zero-order valence-electron chi connectivity index (χ0n) is 20.9. The Bertz CT molecular complexity index is 1300. The second-order valence-corrected chi connectivity index (χ2v) is 12.9. The van der Waals surface area contributed by atoms with Crippen molar-refractivity contribution >= 4 is 52.3 Å². The normalized spacial score (nSPS) is 19.5. The van der Waals surface area contributed by atoms with Crippen LogP contribution in [0.2, 0.25) is 9.36 Å². The van der Waals surface area contributed by atoms with Crippen LogP contribution >= 0.6 is 34.7 Å². The molecular weight excluding hydrogens is 537 g/mol. The van der Waals surface area contributed by atoms with Crippen molar-refractivity contribution in [1.82, 2.24) is 4.37 Å². The quantitative estimate of drug-likeness (QED) is 0.293. The summed E-state index contributed by atoms with van der Waals surface area (Å²) in [6.45, 7) is 7.57. The van der Waals surface area contributed by atoms with E-state index in [9.17, 15) is 24.6 Å². The number of rotatable bonds is 5. The molecular formula is C27H27Cl2NO6S. The molecule has 196 valence electrons. The molecule has 0 bridgehead atoms. The highest BCUT2D eigenvalue weighted by atomic mass is 35.5. The van der Waals surface area contributed by atoms with Crippen molar-refractivity contribution in [3.05, 3.63) is 67.5 Å². The Balaban J connectivity index is 1.75. The smallest absolute Gasteiger partial charge is 0.365 e. The van der Waals surface area contributed by atoms with Crippen LogP contribution in [0.5, 0.6) is 5.75 Å². The van der Waals surface area contributed by atoms with Crippen molar-refractivity contribution < 1.29 is 29.3 Å². The summed E-state index contributed by atoms with van der Waals surface area (Å²) in [7, 11) is 0. The van der Waals surface area contributed by atoms with Gasteiger partial charge in [-0.2, -0.15) is 4.37 Å². The summed E-state index contributed by atoms with van der Waals surface area (Å²) in [6.07, 6.45) is 0.933. The maximum absolute atomic E-state index is 13.3. The first-order valence-electron chi connectivity index (χ1n) is 11.7. The highest BCUT2D eigenvalue weighted by molar-refractivity contribution is 7.11. The summed E-state index contributed by atoms with van der Waals surface area (Å²) in [5.74, 6) is -2.29. The first kappa shape index (κ1) is 27.4. The summed E-state index contributed by atoms with van der Waals surface area (Å²) in [5.41, 5.74) is -0.233. The third-order valence-electron chi connectivity index (χ3n) is 6.59. The van der Waals surface area contributed by atoms with E-state index >= 15 is 0 Å². The SMILES string of the molecule is CC1(C)CC(=O)C(C(C2=C(O)CC(C)(C)CC2=O)c2ccc(OC(=O)c3nsc(Cl)c3Cl)cc2)=C(O)C1. The minimum absolute atomic E-state index is 0.00986. The molecule has 0 saturated carbocycles. The number of ketones is 2. The second-order valence-electron chi connectivity index (χ2n) is 11.1. The second kappa shape index (κ2) is 9.89. The van der Waals surface area contributed by atoms with Gasteiger partial charge in [-0.3, -0.25) is 9.59 Å². The van der Waals surface area contributed by atoms with Crippen molar-refractivity contribution in [3.63, 3.8) is 0 Å². The van der Waals surface area contributed by atoms with Gasteiger partial charge in [-0.15, -0.1) is 0 Å². The highest BCUT2D eigenvalue weighted by Crippen LogP contribution is 2.48. The lowest BCUT2D eigenvalue weighted by atomic mass is 9.67. The highest BCUT2D eigenvalue weighted by Gasteiger charge is 2.43. The van der Waals surface area contributed by atoms with Crippen LogP contribution in [0.25, 0.3) is 0 Å². The number of nitrogens with zero attached hydrogens (tertiary/aromatic N) is 1. The number of ether oxygens (including phenoxy) is 1. The Kier molecular flexibility index (Phi) is 7.31.